The quantitative estimate of drug-likeness (QED) is 0.552. The third kappa shape index (κ3) is 4.64. The van der Waals surface area contributed by atoms with Crippen LogP contribution in [0, 0.1) is 0 Å². The Morgan fingerprint density at radius 3 is 2.52 bits per heavy atom. The Hall–Kier alpha value is -2.80. The van der Waals surface area contributed by atoms with Gasteiger partial charge in [0.2, 0.25) is 15.9 Å². The highest BCUT2D eigenvalue weighted by atomic mass is 32.2. The molecule has 2 saturated heterocycles. The predicted molar refractivity (Wildman–Crippen MR) is 120 cm³/mol. The number of rotatable bonds is 7. The van der Waals surface area contributed by atoms with Crippen molar-refractivity contribution in [2.45, 2.75) is 23.9 Å². The van der Waals surface area contributed by atoms with Gasteiger partial charge in [-0.1, -0.05) is 18.2 Å². The number of nitrogens with one attached hydrogen (secondary N) is 2. The lowest BCUT2D eigenvalue weighted by Gasteiger charge is -2.26. The van der Waals surface area contributed by atoms with E-state index in [0.717, 1.165) is 4.90 Å². The number of ether oxygens (including phenoxy) is 1. The maximum atomic E-state index is 12.8. The summed E-state index contributed by atoms with van der Waals surface area (Å²) in [6.07, 6.45) is 0. The molecular formula is C21H24N4O6S2. The standard InChI is InChI=1S/C21H24N4O6S2/c1-21(17-3-2-12-32-17)19(27)25(20(28)23-21)14-18(26)22-13-15-4-6-16(7-5-15)33(29,30)24-8-10-31-11-9-24/h2-7,12H,8-11,13-14H2,1H3,(H,22,26)(H,23,28). The topological polar surface area (TPSA) is 125 Å². The summed E-state index contributed by atoms with van der Waals surface area (Å²) in [5.41, 5.74) is -0.502. The number of carbonyl (C=O) groups is 3. The molecule has 4 amide bonds. The van der Waals surface area contributed by atoms with E-state index in [-0.39, 0.29) is 11.4 Å². The zero-order chi connectivity index (χ0) is 23.6. The van der Waals surface area contributed by atoms with Crippen molar-refractivity contribution in [2.75, 3.05) is 32.8 Å². The molecule has 1 unspecified atom stereocenters. The Labute approximate surface area is 195 Å². The fraction of sp³-hybridized carbons (Fsp3) is 0.381. The Morgan fingerprint density at radius 1 is 1.18 bits per heavy atom. The molecular weight excluding hydrogens is 468 g/mol. The molecule has 0 saturated carbocycles. The summed E-state index contributed by atoms with van der Waals surface area (Å²) in [6.45, 7) is 2.70. The van der Waals surface area contributed by atoms with Gasteiger partial charge in [0.25, 0.3) is 5.91 Å². The maximum Gasteiger partial charge on any atom is 0.325 e. The van der Waals surface area contributed by atoms with Crippen LogP contribution in [0.3, 0.4) is 0 Å². The second-order valence-electron chi connectivity index (χ2n) is 7.86. The van der Waals surface area contributed by atoms with Gasteiger partial charge in [0, 0.05) is 24.5 Å². The van der Waals surface area contributed by atoms with Crippen LogP contribution in [0.5, 0.6) is 0 Å². The molecule has 0 bridgehead atoms. The molecule has 2 aliphatic heterocycles. The van der Waals surface area contributed by atoms with Gasteiger partial charge in [-0.25, -0.2) is 13.2 Å². The number of sulfonamides is 1. The molecule has 2 fully saturated rings. The Kier molecular flexibility index (Phi) is 6.52. The molecule has 0 spiro atoms. The monoisotopic (exact) mass is 492 g/mol. The Bertz CT molecular complexity index is 1140. The summed E-state index contributed by atoms with van der Waals surface area (Å²) in [7, 11) is -3.59. The molecule has 0 aliphatic carbocycles. The Balaban J connectivity index is 1.34. The number of carbonyl (C=O) groups excluding carboxylic acids is 3. The van der Waals surface area contributed by atoms with Gasteiger partial charge in [0.05, 0.1) is 18.1 Å². The van der Waals surface area contributed by atoms with Gasteiger partial charge in [-0.3, -0.25) is 14.5 Å². The highest BCUT2D eigenvalue weighted by Crippen LogP contribution is 2.31. The van der Waals surface area contributed by atoms with Gasteiger partial charge in [-0.2, -0.15) is 4.31 Å². The summed E-state index contributed by atoms with van der Waals surface area (Å²) in [6, 6.07) is 9.16. The first kappa shape index (κ1) is 23.4. The zero-order valence-corrected chi connectivity index (χ0v) is 19.6. The van der Waals surface area contributed by atoms with Crippen molar-refractivity contribution in [2.24, 2.45) is 0 Å². The van der Waals surface area contributed by atoms with E-state index in [4.69, 9.17) is 4.74 Å². The van der Waals surface area contributed by atoms with Crippen LogP contribution in [0.2, 0.25) is 0 Å². The minimum atomic E-state index is -3.59. The van der Waals surface area contributed by atoms with Crippen molar-refractivity contribution in [3.05, 3.63) is 52.2 Å². The zero-order valence-electron chi connectivity index (χ0n) is 17.9. The largest absolute Gasteiger partial charge is 0.379 e. The third-order valence-electron chi connectivity index (χ3n) is 5.61. The summed E-state index contributed by atoms with van der Waals surface area (Å²) in [5, 5.41) is 7.13. The van der Waals surface area contributed by atoms with Crippen molar-refractivity contribution < 1.29 is 27.5 Å². The van der Waals surface area contributed by atoms with E-state index in [9.17, 15) is 22.8 Å². The molecule has 3 heterocycles. The number of nitrogens with zero attached hydrogens (tertiary/aromatic N) is 2. The third-order valence-corrected chi connectivity index (χ3v) is 8.62. The van der Waals surface area contributed by atoms with Crippen molar-refractivity contribution in [1.29, 1.82) is 0 Å². The lowest BCUT2D eigenvalue weighted by molar-refractivity contribution is -0.134. The van der Waals surface area contributed by atoms with Gasteiger partial charge in [0.15, 0.2) is 5.54 Å². The first-order chi connectivity index (χ1) is 15.7. The summed E-state index contributed by atoms with van der Waals surface area (Å²) in [4.78, 5) is 39.3. The lowest BCUT2D eigenvalue weighted by Crippen LogP contribution is -2.42. The SMILES string of the molecule is CC1(c2cccs2)NC(=O)N(CC(=O)NCc2ccc(S(=O)(=O)N3CCOCC3)cc2)C1=O. The van der Waals surface area contributed by atoms with Crippen LogP contribution in [0.25, 0.3) is 0 Å². The number of hydrogen-bond acceptors (Lipinski definition) is 7. The van der Waals surface area contributed by atoms with Crippen LogP contribution in [0.15, 0.2) is 46.7 Å². The second kappa shape index (κ2) is 9.21. The number of urea groups is 1. The number of benzene rings is 1. The Morgan fingerprint density at radius 2 is 1.88 bits per heavy atom. The number of thiophene rings is 1. The average Bonchev–Trinajstić information content (AvgIpc) is 3.43. The summed E-state index contributed by atoms with van der Waals surface area (Å²) >= 11 is 1.35. The number of morpholine rings is 1. The lowest BCUT2D eigenvalue weighted by atomic mass is 10.0. The van der Waals surface area contributed by atoms with Crippen molar-refractivity contribution in [1.82, 2.24) is 19.8 Å². The smallest absolute Gasteiger partial charge is 0.325 e. The van der Waals surface area contributed by atoms with Crippen LogP contribution in [0.4, 0.5) is 4.79 Å². The van der Waals surface area contributed by atoms with E-state index < -0.39 is 40.0 Å². The first-order valence-corrected chi connectivity index (χ1v) is 12.7. The van der Waals surface area contributed by atoms with Crippen LogP contribution in [0.1, 0.15) is 17.4 Å². The first-order valence-electron chi connectivity index (χ1n) is 10.3. The molecule has 33 heavy (non-hydrogen) atoms. The molecule has 1 aromatic carbocycles. The average molecular weight is 493 g/mol. The van der Waals surface area contributed by atoms with Gasteiger partial charge < -0.3 is 15.4 Å². The van der Waals surface area contributed by atoms with Crippen LogP contribution in [-0.2, 0) is 36.4 Å². The number of imide groups is 1. The number of hydrogen-bond donors (Lipinski definition) is 2. The van der Waals surface area contributed by atoms with Crippen molar-refractivity contribution in [3.63, 3.8) is 0 Å². The van der Waals surface area contributed by atoms with E-state index in [2.05, 4.69) is 10.6 Å². The van der Waals surface area contributed by atoms with Gasteiger partial charge in [-0.05, 0) is 36.1 Å². The highest BCUT2D eigenvalue weighted by molar-refractivity contribution is 7.89. The molecule has 2 N–H and O–H groups in total. The molecule has 0 radical (unpaired) electrons. The van der Waals surface area contributed by atoms with E-state index in [1.165, 1.54) is 27.8 Å². The van der Waals surface area contributed by atoms with Crippen LogP contribution >= 0.6 is 11.3 Å². The van der Waals surface area contributed by atoms with E-state index >= 15 is 0 Å². The van der Waals surface area contributed by atoms with Crippen LogP contribution < -0.4 is 10.6 Å². The van der Waals surface area contributed by atoms with Gasteiger partial charge >= 0.3 is 6.03 Å². The normalized spacial score (nSPS) is 21.8. The maximum absolute atomic E-state index is 12.8. The summed E-state index contributed by atoms with van der Waals surface area (Å²) in [5.74, 6) is -0.985. The molecule has 176 valence electrons. The highest BCUT2D eigenvalue weighted by Gasteiger charge is 2.50. The van der Waals surface area contributed by atoms with Crippen LogP contribution in [-0.4, -0.2) is 68.3 Å². The second-order valence-corrected chi connectivity index (χ2v) is 10.7. The van der Waals surface area contributed by atoms with Gasteiger partial charge in [0.1, 0.15) is 6.54 Å². The molecule has 4 rings (SSSR count). The molecule has 1 atom stereocenters. The summed E-state index contributed by atoms with van der Waals surface area (Å²) < 4.78 is 32.0. The van der Waals surface area contributed by atoms with E-state index in [1.54, 1.807) is 31.2 Å². The molecule has 2 aliphatic rings. The minimum absolute atomic E-state index is 0.128. The fourth-order valence-corrected chi connectivity index (χ4v) is 5.93. The van der Waals surface area contributed by atoms with Gasteiger partial charge in [-0.15, -0.1) is 11.3 Å². The molecule has 12 heteroatoms. The number of amides is 4. The van der Waals surface area contributed by atoms with E-state index in [0.29, 0.717) is 36.7 Å². The minimum Gasteiger partial charge on any atom is -0.379 e. The predicted octanol–water partition coefficient (Wildman–Crippen LogP) is 0.852. The van der Waals surface area contributed by atoms with Crippen molar-refractivity contribution in [3.8, 4) is 0 Å². The van der Waals surface area contributed by atoms with E-state index in [1.807, 2.05) is 5.38 Å². The fourth-order valence-electron chi connectivity index (χ4n) is 3.69. The molecule has 10 nitrogen and oxygen atoms in total. The molecule has 1 aromatic heterocycles. The molecule has 2 aromatic rings. The van der Waals surface area contributed by atoms with Crippen molar-refractivity contribution >= 4 is 39.2 Å².